The number of nitrogens with zero attached hydrogens (tertiary/aromatic N) is 3. The van der Waals surface area contributed by atoms with Gasteiger partial charge >= 0.3 is 11.7 Å². The van der Waals surface area contributed by atoms with Crippen LogP contribution in [0.2, 0.25) is 0 Å². The molecule has 5 rings (SSSR count). The Hall–Kier alpha value is -2.38. The molecule has 8 nitrogen and oxygen atoms in total. The fourth-order valence-corrected chi connectivity index (χ4v) is 5.47. The summed E-state index contributed by atoms with van der Waals surface area (Å²) in [6, 6.07) is 0. The summed E-state index contributed by atoms with van der Waals surface area (Å²) in [4.78, 5) is 45.3. The van der Waals surface area contributed by atoms with E-state index in [1.54, 1.807) is 4.57 Å². The zero-order chi connectivity index (χ0) is 20.8. The minimum absolute atomic E-state index is 0.0856. The van der Waals surface area contributed by atoms with Crippen LogP contribution in [-0.4, -0.2) is 30.2 Å². The van der Waals surface area contributed by atoms with E-state index in [9.17, 15) is 19.5 Å². The van der Waals surface area contributed by atoms with Gasteiger partial charge < -0.3 is 10.1 Å². The fourth-order valence-electron chi connectivity index (χ4n) is 5.47. The smallest absolute Gasteiger partial charge is 0.332 e. The van der Waals surface area contributed by atoms with Crippen molar-refractivity contribution < 1.29 is 9.90 Å². The summed E-state index contributed by atoms with van der Waals surface area (Å²) in [7, 11) is 0. The molecule has 3 saturated carbocycles. The summed E-state index contributed by atoms with van der Waals surface area (Å²) in [6.07, 6.45) is 6.98. The average molecular weight is 402 g/mol. The zero-order valence-electron chi connectivity index (χ0n) is 17.3. The van der Waals surface area contributed by atoms with Crippen molar-refractivity contribution in [3.8, 4) is 0 Å². The van der Waals surface area contributed by atoms with E-state index in [4.69, 9.17) is 4.98 Å². The molecule has 0 radical (unpaired) electrons. The highest BCUT2D eigenvalue weighted by atomic mass is 16.4. The monoisotopic (exact) mass is 402 g/mol. The van der Waals surface area contributed by atoms with E-state index < -0.39 is 5.97 Å². The van der Waals surface area contributed by atoms with Gasteiger partial charge in [0.1, 0.15) is 11.3 Å². The molecule has 2 heterocycles. The molecular formula is C21H30N4O4. The number of aromatic nitrogens is 4. The van der Waals surface area contributed by atoms with Gasteiger partial charge in [-0.15, -0.1) is 0 Å². The number of aromatic amines is 1. The highest BCUT2D eigenvalue weighted by molar-refractivity contribution is 5.70. The lowest BCUT2D eigenvalue weighted by Crippen LogP contribution is -2.45. The number of H-pyrrole nitrogens is 1. The quantitative estimate of drug-likeness (QED) is 0.740. The number of hydrogen-bond donors (Lipinski definition) is 2. The molecular weight excluding hydrogens is 372 g/mol. The van der Waals surface area contributed by atoms with Gasteiger partial charge in [-0.3, -0.25) is 18.7 Å². The SMILES string of the molecule is CCCn1c(=O)c2[nH]c(C34CCC(CC(=O)O)(CC3)CC4)nc2n(CCC)c1=O. The van der Waals surface area contributed by atoms with Crippen molar-refractivity contribution in [1.29, 1.82) is 0 Å². The third-order valence-electron chi connectivity index (χ3n) is 7.19. The number of carboxylic acids is 1. The topological polar surface area (TPSA) is 110 Å². The molecule has 0 unspecified atom stereocenters. The Bertz CT molecular complexity index is 1040. The van der Waals surface area contributed by atoms with Crippen LogP contribution in [0.5, 0.6) is 0 Å². The second kappa shape index (κ2) is 7.15. The van der Waals surface area contributed by atoms with Crippen LogP contribution in [0.4, 0.5) is 0 Å². The number of carboxylic acid groups (broad SMARTS) is 1. The largest absolute Gasteiger partial charge is 0.481 e. The van der Waals surface area contributed by atoms with Gasteiger partial charge in [-0.2, -0.15) is 0 Å². The molecule has 3 aliphatic rings. The molecule has 2 aromatic heterocycles. The van der Waals surface area contributed by atoms with Crippen LogP contribution in [0.3, 0.4) is 0 Å². The van der Waals surface area contributed by atoms with Crippen molar-refractivity contribution in [2.45, 2.75) is 90.1 Å². The van der Waals surface area contributed by atoms with Gasteiger partial charge in [-0.25, -0.2) is 9.78 Å². The normalized spacial score (nSPS) is 26.3. The Kier molecular flexibility index (Phi) is 4.91. The second-order valence-corrected chi connectivity index (χ2v) is 9.03. The number of nitrogens with one attached hydrogen (secondary N) is 1. The number of imidazole rings is 1. The number of fused-ring (bicyclic) bond motifs is 4. The zero-order valence-corrected chi connectivity index (χ0v) is 17.3. The van der Waals surface area contributed by atoms with Crippen molar-refractivity contribution in [2.24, 2.45) is 5.41 Å². The first-order valence-electron chi connectivity index (χ1n) is 10.8. The number of aryl methyl sites for hydroxylation is 1. The number of aliphatic carboxylic acids is 1. The Morgan fingerprint density at radius 3 is 2.17 bits per heavy atom. The summed E-state index contributed by atoms with van der Waals surface area (Å²) in [5.74, 6) is 0.0786. The third-order valence-corrected chi connectivity index (χ3v) is 7.19. The molecule has 0 saturated heterocycles. The third kappa shape index (κ3) is 3.13. The van der Waals surface area contributed by atoms with E-state index in [0.717, 1.165) is 50.8 Å². The predicted octanol–water partition coefficient (Wildman–Crippen LogP) is 2.77. The fraction of sp³-hybridized carbons (Fsp3) is 0.714. The van der Waals surface area contributed by atoms with E-state index in [0.29, 0.717) is 30.7 Å². The van der Waals surface area contributed by atoms with E-state index in [1.165, 1.54) is 4.57 Å². The average Bonchev–Trinajstić information content (AvgIpc) is 3.15. The molecule has 0 spiro atoms. The van der Waals surface area contributed by atoms with Crippen LogP contribution in [0.25, 0.3) is 11.2 Å². The van der Waals surface area contributed by atoms with Gasteiger partial charge in [-0.1, -0.05) is 13.8 Å². The summed E-state index contributed by atoms with van der Waals surface area (Å²) in [5.41, 5.74) is 0.0811. The maximum absolute atomic E-state index is 13.0. The molecule has 0 aromatic carbocycles. The van der Waals surface area contributed by atoms with Gasteiger partial charge in [0.2, 0.25) is 0 Å². The summed E-state index contributed by atoms with van der Waals surface area (Å²) >= 11 is 0. The van der Waals surface area contributed by atoms with Crippen LogP contribution in [0, 0.1) is 5.41 Å². The van der Waals surface area contributed by atoms with Crippen molar-refractivity contribution in [3.05, 3.63) is 26.7 Å². The van der Waals surface area contributed by atoms with E-state index in [2.05, 4.69) is 4.98 Å². The second-order valence-electron chi connectivity index (χ2n) is 9.03. The molecule has 2 aromatic rings. The molecule has 2 N–H and O–H groups in total. The van der Waals surface area contributed by atoms with Crippen LogP contribution in [0.1, 0.15) is 77.5 Å². The van der Waals surface area contributed by atoms with Crippen molar-refractivity contribution in [1.82, 2.24) is 19.1 Å². The van der Waals surface area contributed by atoms with E-state index in [1.807, 2.05) is 13.8 Å². The highest BCUT2D eigenvalue weighted by Crippen LogP contribution is 2.58. The Balaban J connectivity index is 1.78. The van der Waals surface area contributed by atoms with Crippen LogP contribution in [0.15, 0.2) is 9.59 Å². The Morgan fingerprint density at radius 2 is 1.62 bits per heavy atom. The number of carbonyl (C=O) groups is 1. The van der Waals surface area contributed by atoms with Crippen LogP contribution < -0.4 is 11.2 Å². The first-order valence-corrected chi connectivity index (χ1v) is 10.8. The van der Waals surface area contributed by atoms with Crippen LogP contribution in [-0.2, 0) is 23.3 Å². The van der Waals surface area contributed by atoms with Crippen molar-refractivity contribution >= 4 is 17.1 Å². The molecule has 3 aliphatic carbocycles. The van der Waals surface area contributed by atoms with Crippen molar-refractivity contribution in [3.63, 3.8) is 0 Å². The summed E-state index contributed by atoms with van der Waals surface area (Å²) in [5, 5.41) is 9.28. The minimum atomic E-state index is -0.719. The van der Waals surface area contributed by atoms with Gasteiger partial charge in [0.25, 0.3) is 5.56 Å². The standard InChI is InChI=1S/C21H30N4O4/c1-3-11-24-16-15(17(28)25(12-4-2)19(24)29)22-18(23-16)21-8-5-20(6-9-21,7-10-21)13-14(26)27/h3-13H2,1-2H3,(H,22,23)(H,26,27). The van der Waals surface area contributed by atoms with Gasteiger partial charge in [0.15, 0.2) is 5.65 Å². The van der Waals surface area contributed by atoms with Crippen molar-refractivity contribution in [2.75, 3.05) is 0 Å². The number of rotatable bonds is 7. The maximum Gasteiger partial charge on any atom is 0.332 e. The van der Waals surface area contributed by atoms with Gasteiger partial charge in [0, 0.05) is 18.5 Å². The first-order chi connectivity index (χ1) is 13.8. The molecule has 3 fully saturated rings. The predicted molar refractivity (Wildman–Crippen MR) is 109 cm³/mol. The van der Waals surface area contributed by atoms with E-state index in [-0.39, 0.29) is 28.5 Å². The summed E-state index contributed by atoms with van der Waals surface area (Å²) in [6.45, 7) is 4.88. The molecule has 2 bridgehead atoms. The lowest BCUT2D eigenvalue weighted by atomic mass is 9.52. The molecule has 0 atom stereocenters. The molecule has 0 aliphatic heterocycles. The van der Waals surface area contributed by atoms with Gasteiger partial charge in [-0.05, 0) is 56.8 Å². The maximum atomic E-state index is 13.0. The van der Waals surface area contributed by atoms with Gasteiger partial charge in [0.05, 0.1) is 6.42 Å². The lowest BCUT2D eigenvalue weighted by Gasteiger charge is -2.52. The Morgan fingerprint density at radius 1 is 1.03 bits per heavy atom. The molecule has 158 valence electrons. The van der Waals surface area contributed by atoms with Crippen LogP contribution >= 0.6 is 0 Å². The minimum Gasteiger partial charge on any atom is -0.481 e. The Labute approximate surface area is 169 Å². The lowest BCUT2D eigenvalue weighted by molar-refractivity contribution is -0.142. The number of hydrogen-bond acceptors (Lipinski definition) is 4. The molecule has 0 amide bonds. The molecule has 8 heteroatoms. The molecule has 29 heavy (non-hydrogen) atoms. The summed E-state index contributed by atoms with van der Waals surface area (Å²) < 4.78 is 2.95. The highest BCUT2D eigenvalue weighted by Gasteiger charge is 2.51. The first kappa shape index (κ1) is 19.9. The van der Waals surface area contributed by atoms with E-state index >= 15 is 0 Å².